The molecule has 10 heavy (non-hydrogen) atoms. The Morgan fingerprint density at radius 1 is 1.30 bits per heavy atom. The highest BCUT2D eigenvalue weighted by Gasteiger charge is 1.88. The number of aryl methyl sites for hydroxylation is 1. The summed E-state index contributed by atoms with van der Waals surface area (Å²) in [5.74, 6) is 0. The van der Waals surface area contributed by atoms with Crippen LogP contribution in [0.2, 0.25) is 0 Å². The smallest absolute Gasteiger partial charge is 0.0270 e. The van der Waals surface area contributed by atoms with Crippen LogP contribution in [0.1, 0.15) is 12.0 Å². The van der Waals surface area contributed by atoms with Crippen LogP contribution in [0.4, 0.5) is 0 Å². The quantitative estimate of drug-likeness (QED) is 0.682. The van der Waals surface area contributed by atoms with E-state index in [0.29, 0.717) is 0 Å². The summed E-state index contributed by atoms with van der Waals surface area (Å²) in [6.45, 7) is 0. The van der Waals surface area contributed by atoms with Gasteiger partial charge < -0.3 is 0 Å². The summed E-state index contributed by atoms with van der Waals surface area (Å²) in [5, 5.41) is 1.08. The van der Waals surface area contributed by atoms with Crippen molar-refractivity contribution in [1.82, 2.24) is 4.98 Å². The van der Waals surface area contributed by atoms with Gasteiger partial charge in [-0.1, -0.05) is 15.9 Å². The van der Waals surface area contributed by atoms with E-state index in [1.54, 1.807) is 0 Å². The van der Waals surface area contributed by atoms with Crippen molar-refractivity contribution >= 4 is 15.9 Å². The van der Waals surface area contributed by atoms with Gasteiger partial charge in [0, 0.05) is 17.7 Å². The fourth-order valence-electron chi connectivity index (χ4n) is 0.820. The Labute approximate surface area is 69.6 Å². The van der Waals surface area contributed by atoms with Crippen molar-refractivity contribution in [2.24, 2.45) is 0 Å². The molecular formula is C8H10BrN. The van der Waals surface area contributed by atoms with Gasteiger partial charge in [0.25, 0.3) is 0 Å². The van der Waals surface area contributed by atoms with Crippen LogP contribution in [-0.2, 0) is 6.42 Å². The van der Waals surface area contributed by atoms with Crippen LogP contribution in [0.3, 0.4) is 0 Å². The molecule has 1 aromatic heterocycles. The van der Waals surface area contributed by atoms with E-state index in [0.717, 1.165) is 11.8 Å². The molecule has 0 unspecified atom stereocenters. The summed E-state index contributed by atoms with van der Waals surface area (Å²) in [4.78, 5) is 3.94. The Morgan fingerprint density at radius 2 is 2.00 bits per heavy atom. The predicted octanol–water partition coefficient (Wildman–Crippen LogP) is 2.41. The highest BCUT2D eigenvalue weighted by molar-refractivity contribution is 9.09. The molecule has 0 aliphatic carbocycles. The molecule has 0 fully saturated rings. The van der Waals surface area contributed by atoms with E-state index in [4.69, 9.17) is 0 Å². The van der Waals surface area contributed by atoms with Crippen molar-refractivity contribution in [1.29, 1.82) is 0 Å². The molecule has 0 spiro atoms. The van der Waals surface area contributed by atoms with Crippen molar-refractivity contribution in [2.75, 3.05) is 5.33 Å². The molecular weight excluding hydrogens is 190 g/mol. The summed E-state index contributed by atoms with van der Waals surface area (Å²) < 4.78 is 0. The Kier molecular flexibility index (Phi) is 3.44. The largest absolute Gasteiger partial charge is 0.265 e. The normalized spacial score (nSPS) is 9.70. The SMILES string of the molecule is BrCCCc1ccncc1. The molecule has 0 aliphatic heterocycles. The minimum Gasteiger partial charge on any atom is -0.265 e. The zero-order valence-corrected chi connectivity index (χ0v) is 7.34. The maximum absolute atomic E-state index is 3.94. The van der Waals surface area contributed by atoms with Crippen LogP contribution in [0, 0.1) is 0 Å². The number of nitrogens with zero attached hydrogens (tertiary/aromatic N) is 1. The summed E-state index contributed by atoms with van der Waals surface area (Å²) in [6.07, 6.45) is 6.02. The molecule has 2 heteroatoms. The first-order valence-corrected chi connectivity index (χ1v) is 4.50. The van der Waals surface area contributed by atoms with Crippen LogP contribution in [0.5, 0.6) is 0 Å². The number of alkyl halides is 1. The zero-order valence-electron chi connectivity index (χ0n) is 5.76. The van der Waals surface area contributed by atoms with Gasteiger partial charge in [0.2, 0.25) is 0 Å². The lowest BCUT2D eigenvalue weighted by Gasteiger charge is -1.95. The van der Waals surface area contributed by atoms with Crippen molar-refractivity contribution in [3.8, 4) is 0 Å². The van der Waals surface area contributed by atoms with Gasteiger partial charge in [-0.3, -0.25) is 4.98 Å². The lowest BCUT2D eigenvalue weighted by Crippen LogP contribution is -1.84. The van der Waals surface area contributed by atoms with Gasteiger partial charge in [-0.2, -0.15) is 0 Å². The second kappa shape index (κ2) is 4.45. The minimum atomic E-state index is 1.08. The van der Waals surface area contributed by atoms with Gasteiger partial charge in [-0.05, 0) is 30.5 Å². The Bertz CT molecular complexity index is 174. The van der Waals surface area contributed by atoms with Crippen LogP contribution in [-0.4, -0.2) is 10.3 Å². The summed E-state index contributed by atoms with van der Waals surface area (Å²) in [6, 6.07) is 4.12. The molecule has 0 radical (unpaired) electrons. The van der Waals surface area contributed by atoms with Crippen molar-refractivity contribution in [3.05, 3.63) is 30.1 Å². The van der Waals surface area contributed by atoms with Crippen LogP contribution >= 0.6 is 15.9 Å². The van der Waals surface area contributed by atoms with Gasteiger partial charge in [-0.25, -0.2) is 0 Å². The minimum absolute atomic E-state index is 1.08. The Hall–Kier alpha value is -0.370. The number of hydrogen-bond donors (Lipinski definition) is 0. The van der Waals surface area contributed by atoms with E-state index in [-0.39, 0.29) is 0 Å². The molecule has 1 heterocycles. The lowest BCUT2D eigenvalue weighted by molar-refractivity contribution is 0.935. The lowest BCUT2D eigenvalue weighted by atomic mass is 10.2. The molecule has 0 saturated carbocycles. The zero-order chi connectivity index (χ0) is 7.23. The molecule has 0 aromatic carbocycles. The number of halogens is 1. The van der Waals surface area contributed by atoms with Gasteiger partial charge >= 0.3 is 0 Å². The van der Waals surface area contributed by atoms with Crippen molar-refractivity contribution in [3.63, 3.8) is 0 Å². The highest BCUT2D eigenvalue weighted by atomic mass is 79.9. The van der Waals surface area contributed by atoms with E-state index in [9.17, 15) is 0 Å². The van der Waals surface area contributed by atoms with Crippen LogP contribution in [0.15, 0.2) is 24.5 Å². The first-order chi connectivity index (χ1) is 4.93. The number of hydrogen-bond acceptors (Lipinski definition) is 1. The summed E-state index contributed by atoms with van der Waals surface area (Å²) >= 11 is 3.39. The molecule has 0 amide bonds. The third-order valence-electron chi connectivity index (χ3n) is 1.35. The molecule has 0 bridgehead atoms. The van der Waals surface area contributed by atoms with Crippen LogP contribution in [0.25, 0.3) is 0 Å². The van der Waals surface area contributed by atoms with Gasteiger partial charge in [0.1, 0.15) is 0 Å². The first-order valence-electron chi connectivity index (χ1n) is 3.38. The molecule has 1 aromatic rings. The topological polar surface area (TPSA) is 12.9 Å². The monoisotopic (exact) mass is 199 g/mol. The van der Waals surface area contributed by atoms with E-state index in [2.05, 4.69) is 33.0 Å². The second-order valence-electron chi connectivity index (χ2n) is 2.15. The number of rotatable bonds is 3. The van der Waals surface area contributed by atoms with E-state index < -0.39 is 0 Å². The Morgan fingerprint density at radius 3 is 2.60 bits per heavy atom. The second-order valence-corrected chi connectivity index (χ2v) is 2.94. The Balaban J connectivity index is 2.43. The first kappa shape index (κ1) is 7.73. The van der Waals surface area contributed by atoms with Gasteiger partial charge in [0.05, 0.1) is 0 Å². The molecule has 0 N–H and O–H groups in total. The molecule has 0 atom stereocenters. The average molecular weight is 200 g/mol. The molecule has 54 valence electrons. The third-order valence-corrected chi connectivity index (χ3v) is 1.91. The average Bonchev–Trinajstić information content (AvgIpc) is 2.03. The molecule has 0 aliphatic rings. The van der Waals surface area contributed by atoms with Gasteiger partial charge in [0.15, 0.2) is 0 Å². The number of pyridine rings is 1. The van der Waals surface area contributed by atoms with Crippen LogP contribution < -0.4 is 0 Å². The molecule has 0 saturated heterocycles. The fourth-order valence-corrected chi connectivity index (χ4v) is 1.10. The van der Waals surface area contributed by atoms with Crippen molar-refractivity contribution < 1.29 is 0 Å². The standard InChI is InChI=1S/C8H10BrN/c9-5-1-2-8-3-6-10-7-4-8/h3-4,6-7H,1-2,5H2. The molecule has 1 rings (SSSR count). The number of aromatic nitrogens is 1. The predicted molar refractivity (Wildman–Crippen MR) is 46.4 cm³/mol. The third kappa shape index (κ3) is 2.48. The van der Waals surface area contributed by atoms with Crippen molar-refractivity contribution in [2.45, 2.75) is 12.8 Å². The summed E-state index contributed by atoms with van der Waals surface area (Å²) in [7, 11) is 0. The highest BCUT2D eigenvalue weighted by Crippen LogP contribution is 2.01. The fraction of sp³-hybridized carbons (Fsp3) is 0.375. The van der Waals surface area contributed by atoms with E-state index in [1.807, 2.05) is 12.4 Å². The maximum Gasteiger partial charge on any atom is 0.0270 e. The van der Waals surface area contributed by atoms with E-state index >= 15 is 0 Å². The summed E-state index contributed by atoms with van der Waals surface area (Å²) in [5.41, 5.74) is 1.37. The van der Waals surface area contributed by atoms with E-state index in [1.165, 1.54) is 12.0 Å². The van der Waals surface area contributed by atoms with Gasteiger partial charge in [-0.15, -0.1) is 0 Å². The maximum atomic E-state index is 3.94. The molecule has 1 nitrogen and oxygen atoms in total.